The summed E-state index contributed by atoms with van der Waals surface area (Å²) in [7, 11) is 0. The third-order valence-corrected chi connectivity index (χ3v) is 3.67. The lowest BCUT2D eigenvalue weighted by atomic mass is 9.81. The fourth-order valence-corrected chi connectivity index (χ4v) is 2.75. The van der Waals surface area contributed by atoms with Crippen LogP contribution < -0.4 is 0 Å². The van der Waals surface area contributed by atoms with E-state index in [1.54, 1.807) is 6.07 Å². The number of rotatable bonds is 1. The number of hydrogen-bond acceptors (Lipinski definition) is 0. The Morgan fingerprint density at radius 1 is 1.33 bits per heavy atom. The molecule has 2 rings (SSSR count). The van der Waals surface area contributed by atoms with E-state index >= 15 is 0 Å². The molecule has 15 heavy (non-hydrogen) atoms. The molecule has 0 saturated heterocycles. The van der Waals surface area contributed by atoms with E-state index in [1.807, 2.05) is 0 Å². The van der Waals surface area contributed by atoms with Gasteiger partial charge in [0.15, 0.2) is 11.6 Å². The second-order valence-corrected chi connectivity index (χ2v) is 5.15. The van der Waals surface area contributed by atoms with Crippen LogP contribution >= 0.6 is 11.6 Å². The summed E-state index contributed by atoms with van der Waals surface area (Å²) in [6.45, 7) is 2.06. The fraction of sp³-hybridized carbons (Fsp3) is 0.500. The van der Waals surface area contributed by atoms with Crippen LogP contribution in [-0.4, -0.2) is 5.38 Å². The number of hydrogen-bond donors (Lipinski definition) is 0. The van der Waals surface area contributed by atoms with Gasteiger partial charge in [-0.1, -0.05) is 13.0 Å². The third kappa shape index (κ3) is 2.00. The molecule has 3 heteroatoms. The summed E-state index contributed by atoms with van der Waals surface area (Å²) in [4.78, 5) is 0. The average Bonchev–Trinajstić information content (AvgIpc) is 2.52. The standard InChI is InChI=1S/C12H13ClF2/c1-12(5-4-9(13)7-12)8-2-3-10(14)11(15)6-8/h2-3,6,9H,4-5,7H2,1H3. The van der Waals surface area contributed by atoms with Crippen molar-refractivity contribution in [2.24, 2.45) is 0 Å². The van der Waals surface area contributed by atoms with Crippen molar-refractivity contribution in [2.75, 3.05) is 0 Å². The summed E-state index contributed by atoms with van der Waals surface area (Å²) in [5, 5.41) is 0.156. The fourth-order valence-electron chi connectivity index (χ4n) is 2.30. The molecule has 1 saturated carbocycles. The highest BCUT2D eigenvalue weighted by Crippen LogP contribution is 2.43. The van der Waals surface area contributed by atoms with Crippen molar-refractivity contribution in [1.29, 1.82) is 0 Å². The lowest BCUT2D eigenvalue weighted by Gasteiger charge is -2.24. The van der Waals surface area contributed by atoms with E-state index in [4.69, 9.17) is 11.6 Å². The lowest BCUT2D eigenvalue weighted by molar-refractivity contribution is 0.471. The van der Waals surface area contributed by atoms with E-state index in [-0.39, 0.29) is 10.8 Å². The van der Waals surface area contributed by atoms with Gasteiger partial charge >= 0.3 is 0 Å². The van der Waals surface area contributed by atoms with Crippen molar-refractivity contribution in [2.45, 2.75) is 37.0 Å². The number of alkyl halides is 1. The molecule has 0 aliphatic heterocycles. The first-order valence-corrected chi connectivity index (χ1v) is 5.54. The van der Waals surface area contributed by atoms with E-state index in [0.29, 0.717) is 0 Å². The van der Waals surface area contributed by atoms with Crippen LogP contribution in [0.15, 0.2) is 18.2 Å². The highest BCUT2D eigenvalue weighted by Gasteiger charge is 2.35. The largest absolute Gasteiger partial charge is 0.204 e. The van der Waals surface area contributed by atoms with Crippen LogP contribution in [0.4, 0.5) is 8.78 Å². The Hall–Kier alpha value is -0.630. The first kappa shape index (κ1) is 10.9. The lowest BCUT2D eigenvalue weighted by Crippen LogP contribution is -2.18. The van der Waals surface area contributed by atoms with Crippen molar-refractivity contribution in [3.8, 4) is 0 Å². The first-order valence-electron chi connectivity index (χ1n) is 5.11. The predicted molar refractivity (Wildman–Crippen MR) is 57.2 cm³/mol. The van der Waals surface area contributed by atoms with Crippen LogP contribution in [0.1, 0.15) is 31.7 Å². The Morgan fingerprint density at radius 3 is 2.60 bits per heavy atom. The molecule has 0 bridgehead atoms. The molecular formula is C12H13ClF2. The Bertz CT molecular complexity index is 378. The first-order chi connectivity index (χ1) is 7.01. The minimum absolute atomic E-state index is 0.0963. The predicted octanol–water partition coefficient (Wildman–Crippen LogP) is 4.01. The minimum Gasteiger partial charge on any atom is -0.204 e. The molecular weight excluding hydrogens is 218 g/mol. The molecule has 2 atom stereocenters. The Morgan fingerprint density at radius 2 is 2.07 bits per heavy atom. The maximum atomic E-state index is 13.1. The van der Waals surface area contributed by atoms with Crippen molar-refractivity contribution in [1.82, 2.24) is 0 Å². The van der Waals surface area contributed by atoms with Crippen LogP contribution in [0.2, 0.25) is 0 Å². The van der Waals surface area contributed by atoms with Gasteiger partial charge in [0.05, 0.1) is 0 Å². The van der Waals surface area contributed by atoms with Crippen molar-refractivity contribution >= 4 is 11.6 Å². The van der Waals surface area contributed by atoms with Gasteiger partial charge in [0, 0.05) is 5.38 Å². The van der Waals surface area contributed by atoms with E-state index < -0.39 is 11.6 Å². The highest BCUT2D eigenvalue weighted by atomic mass is 35.5. The Labute approximate surface area is 93.2 Å². The molecule has 82 valence electrons. The summed E-state index contributed by atoms with van der Waals surface area (Å²) in [5.74, 6) is -1.56. The molecule has 1 fully saturated rings. The van der Waals surface area contributed by atoms with Gasteiger partial charge < -0.3 is 0 Å². The maximum absolute atomic E-state index is 13.1. The molecule has 0 heterocycles. The molecule has 1 aromatic carbocycles. The molecule has 0 amide bonds. The van der Waals surface area contributed by atoms with Gasteiger partial charge in [-0.3, -0.25) is 0 Å². The molecule has 2 unspecified atom stereocenters. The summed E-state index contributed by atoms with van der Waals surface area (Å²) >= 11 is 6.05. The van der Waals surface area contributed by atoms with Crippen LogP contribution in [-0.2, 0) is 5.41 Å². The van der Waals surface area contributed by atoms with E-state index in [1.165, 1.54) is 12.1 Å². The summed E-state index contributed by atoms with van der Waals surface area (Å²) in [5.41, 5.74) is 0.755. The van der Waals surface area contributed by atoms with Gasteiger partial charge in [-0.05, 0) is 42.4 Å². The maximum Gasteiger partial charge on any atom is 0.159 e. The van der Waals surface area contributed by atoms with Gasteiger partial charge in [-0.2, -0.15) is 0 Å². The van der Waals surface area contributed by atoms with Crippen molar-refractivity contribution in [3.63, 3.8) is 0 Å². The monoisotopic (exact) mass is 230 g/mol. The van der Waals surface area contributed by atoms with Crippen LogP contribution in [0, 0.1) is 11.6 Å². The molecule has 1 aromatic rings. The normalized spacial score (nSPS) is 30.8. The van der Waals surface area contributed by atoms with Gasteiger partial charge in [-0.25, -0.2) is 8.78 Å². The highest BCUT2D eigenvalue weighted by molar-refractivity contribution is 6.20. The zero-order chi connectivity index (χ0) is 11.1. The van der Waals surface area contributed by atoms with E-state index in [9.17, 15) is 8.78 Å². The smallest absolute Gasteiger partial charge is 0.159 e. The van der Waals surface area contributed by atoms with Crippen molar-refractivity contribution < 1.29 is 8.78 Å². The summed E-state index contributed by atoms with van der Waals surface area (Å²) in [6, 6.07) is 4.15. The second-order valence-electron chi connectivity index (χ2n) is 4.53. The molecule has 0 N–H and O–H groups in total. The number of halogens is 3. The zero-order valence-electron chi connectivity index (χ0n) is 8.56. The summed E-state index contributed by atoms with van der Waals surface area (Å²) < 4.78 is 25.9. The van der Waals surface area contributed by atoms with E-state index in [2.05, 4.69) is 6.92 Å². The van der Waals surface area contributed by atoms with Gasteiger partial charge in [-0.15, -0.1) is 11.6 Å². The molecule has 1 aliphatic rings. The van der Waals surface area contributed by atoms with Crippen molar-refractivity contribution in [3.05, 3.63) is 35.4 Å². The molecule has 0 radical (unpaired) electrons. The third-order valence-electron chi connectivity index (χ3n) is 3.30. The van der Waals surface area contributed by atoms with E-state index in [0.717, 1.165) is 24.8 Å². The Balaban J connectivity index is 2.33. The average molecular weight is 231 g/mol. The zero-order valence-corrected chi connectivity index (χ0v) is 9.32. The quantitative estimate of drug-likeness (QED) is 0.640. The van der Waals surface area contributed by atoms with Crippen LogP contribution in [0.3, 0.4) is 0 Å². The summed E-state index contributed by atoms with van der Waals surface area (Å²) in [6.07, 6.45) is 2.71. The molecule has 0 nitrogen and oxygen atoms in total. The topological polar surface area (TPSA) is 0 Å². The molecule has 1 aliphatic carbocycles. The molecule has 0 spiro atoms. The second kappa shape index (κ2) is 3.75. The minimum atomic E-state index is -0.789. The SMILES string of the molecule is CC1(c2ccc(F)c(F)c2)CCC(Cl)C1. The van der Waals surface area contributed by atoms with Crippen LogP contribution in [0.25, 0.3) is 0 Å². The van der Waals surface area contributed by atoms with Gasteiger partial charge in [0.1, 0.15) is 0 Å². The van der Waals surface area contributed by atoms with Gasteiger partial charge in [0.2, 0.25) is 0 Å². The Kier molecular flexibility index (Phi) is 2.72. The van der Waals surface area contributed by atoms with Gasteiger partial charge in [0.25, 0.3) is 0 Å². The van der Waals surface area contributed by atoms with Crippen LogP contribution in [0.5, 0.6) is 0 Å². The molecule has 0 aromatic heterocycles. The number of benzene rings is 1.